The Morgan fingerprint density at radius 3 is 2.48 bits per heavy atom. The summed E-state index contributed by atoms with van der Waals surface area (Å²) in [7, 11) is 0. The molecule has 0 fully saturated rings. The van der Waals surface area contributed by atoms with Gasteiger partial charge in [-0.3, -0.25) is 4.79 Å². The number of ketones is 1. The Kier molecular flexibility index (Phi) is 4.10. The molecule has 0 aromatic heterocycles. The van der Waals surface area contributed by atoms with Crippen LogP contribution >= 0.6 is 12.2 Å². The lowest BCUT2D eigenvalue weighted by molar-refractivity contribution is -0.117. The molecule has 1 aliphatic carbocycles. The lowest BCUT2D eigenvalue weighted by Gasteiger charge is -2.29. The van der Waals surface area contributed by atoms with E-state index in [1.807, 2.05) is 19.9 Å². The minimum absolute atomic E-state index is 0.0439. The second-order valence-corrected chi connectivity index (χ2v) is 6.31. The molecule has 1 aromatic rings. The van der Waals surface area contributed by atoms with E-state index >= 15 is 0 Å². The quantitative estimate of drug-likeness (QED) is 0.818. The van der Waals surface area contributed by atoms with E-state index < -0.39 is 0 Å². The first-order chi connectivity index (χ1) is 9.82. The van der Waals surface area contributed by atoms with Crippen molar-refractivity contribution < 1.29 is 9.90 Å². The van der Waals surface area contributed by atoms with Gasteiger partial charge in [-0.25, -0.2) is 0 Å². The molecule has 5 heteroatoms. The highest BCUT2D eigenvalue weighted by atomic mass is 32.1. The number of carbonyl (C=O) groups excluding carboxylic acids is 1. The predicted molar refractivity (Wildman–Crippen MR) is 85.1 cm³/mol. The fourth-order valence-electron chi connectivity index (χ4n) is 2.37. The Morgan fingerprint density at radius 2 is 1.95 bits per heavy atom. The van der Waals surface area contributed by atoms with Crippen molar-refractivity contribution in [3.8, 4) is 6.07 Å². The van der Waals surface area contributed by atoms with Crippen LogP contribution in [-0.4, -0.2) is 15.9 Å². The lowest BCUT2D eigenvalue weighted by atomic mass is 9.76. The summed E-state index contributed by atoms with van der Waals surface area (Å²) in [5.74, 6) is -0.0997. The van der Waals surface area contributed by atoms with Crippen molar-refractivity contribution in [1.82, 2.24) is 0 Å². The Balaban J connectivity index is 2.20. The summed E-state index contributed by atoms with van der Waals surface area (Å²) in [4.78, 5) is 12.4. The molecule has 0 amide bonds. The van der Waals surface area contributed by atoms with Gasteiger partial charge in [0.2, 0.25) is 0 Å². The Bertz CT molecular complexity index is 667. The molecule has 21 heavy (non-hydrogen) atoms. The summed E-state index contributed by atoms with van der Waals surface area (Å²) < 4.78 is 0. The van der Waals surface area contributed by atoms with Crippen LogP contribution in [0.5, 0.6) is 0 Å². The van der Waals surface area contributed by atoms with Crippen LogP contribution in [0.2, 0.25) is 0 Å². The number of anilines is 1. The lowest BCUT2D eigenvalue weighted by Crippen LogP contribution is -2.31. The number of nitrogens with one attached hydrogen (secondary N) is 1. The van der Waals surface area contributed by atoms with Crippen LogP contribution in [0.3, 0.4) is 0 Å². The fraction of sp³-hybridized carbons (Fsp3) is 0.312. The predicted octanol–water partition coefficient (Wildman–Crippen LogP) is 3.50. The number of thiocarbonyl (C=S) groups is 1. The van der Waals surface area contributed by atoms with Crippen molar-refractivity contribution in [3.63, 3.8) is 0 Å². The number of hydrogen-bond donors (Lipinski definition) is 2. The first-order valence-electron chi connectivity index (χ1n) is 6.59. The summed E-state index contributed by atoms with van der Waals surface area (Å²) in [5.41, 5.74) is 1.18. The minimum Gasteiger partial charge on any atom is -0.511 e. The average Bonchev–Trinajstić information content (AvgIpc) is 2.37. The number of nitrogens with zero attached hydrogens (tertiary/aromatic N) is 1. The van der Waals surface area contributed by atoms with Crippen molar-refractivity contribution in [1.29, 1.82) is 5.26 Å². The number of carbonyl (C=O) groups is 1. The highest BCUT2D eigenvalue weighted by Gasteiger charge is 2.34. The second-order valence-electron chi connectivity index (χ2n) is 5.91. The van der Waals surface area contributed by atoms with E-state index in [2.05, 4.69) is 5.32 Å². The van der Waals surface area contributed by atoms with Gasteiger partial charge < -0.3 is 10.4 Å². The van der Waals surface area contributed by atoms with Gasteiger partial charge in [-0.2, -0.15) is 5.26 Å². The largest absolute Gasteiger partial charge is 0.511 e. The van der Waals surface area contributed by atoms with E-state index in [4.69, 9.17) is 17.5 Å². The molecule has 0 saturated heterocycles. The zero-order chi connectivity index (χ0) is 15.6. The van der Waals surface area contributed by atoms with Crippen LogP contribution in [0.1, 0.15) is 32.3 Å². The number of hydrogen-bond acceptors (Lipinski definition) is 4. The molecule has 0 atom stereocenters. The smallest absolute Gasteiger partial charge is 0.169 e. The maximum atomic E-state index is 12.2. The van der Waals surface area contributed by atoms with Crippen molar-refractivity contribution in [3.05, 3.63) is 41.2 Å². The normalized spacial score (nSPS) is 17.3. The standard InChI is InChI=1S/C16H16N2O2S/c1-16(2)7-12(19)14(13(20)8-16)15(21)18-11-5-3-10(9-17)4-6-11/h3-6,19H,7-8H2,1-2H3,(H,18,21). The molecular formula is C16H16N2O2S. The number of aliphatic hydroxyl groups excluding tert-OH is 1. The van der Waals surface area contributed by atoms with Crippen molar-refractivity contribution in [2.24, 2.45) is 5.41 Å². The van der Waals surface area contributed by atoms with E-state index in [0.29, 0.717) is 24.1 Å². The maximum absolute atomic E-state index is 12.2. The molecule has 0 radical (unpaired) electrons. The molecule has 2 N–H and O–H groups in total. The molecule has 108 valence electrons. The van der Waals surface area contributed by atoms with Gasteiger partial charge in [0.05, 0.1) is 17.2 Å². The van der Waals surface area contributed by atoms with E-state index in [-0.39, 0.29) is 27.5 Å². The highest BCUT2D eigenvalue weighted by Crippen LogP contribution is 2.36. The number of aliphatic hydroxyl groups is 1. The molecular weight excluding hydrogens is 284 g/mol. The number of allylic oxidation sites excluding steroid dienone is 1. The zero-order valence-corrected chi connectivity index (χ0v) is 12.8. The molecule has 0 aliphatic heterocycles. The summed E-state index contributed by atoms with van der Waals surface area (Å²) in [5, 5.41) is 21.8. The number of nitriles is 1. The van der Waals surface area contributed by atoms with Gasteiger partial charge in [0, 0.05) is 18.5 Å². The van der Waals surface area contributed by atoms with Crippen LogP contribution in [0.4, 0.5) is 5.69 Å². The number of Topliss-reactive ketones (excluding diaryl/α,β-unsaturated/α-hetero) is 1. The third-order valence-corrected chi connectivity index (χ3v) is 3.66. The third kappa shape index (κ3) is 3.47. The van der Waals surface area contributed by atoms with E-state index in [9.17, 15) is 9.90 Å². The fourth-order valence-corrected chi connectivity index (χ4v) is 2.72. The van der Waals surface area contributed by atoms with E-state index in [1.165, 1.54) is 0 Å². The topological polar surface area (TPSA) is 73.1 Å². The monoisotopic (exact) mass is 300 g/mol. The third-order valence-electron chi connectivity index (χ3n) is 3.35. The Hall–Kier alpha value is -2.19. The van der Waals surface area contributed by atoms with Gasteiger partial charge in [-0.05, 0) is 29.7 Å². The first-order valence-corrected chi connectivity index (χ1v) is 7.00. The molecule has 0 unspecified atom stereocenters. The maximum Gasteiger partial charge on any atom is 0.169 e. The second kappa shape index (κ2) is 5.66. The molecule has 0 heterocycles. The van der Waals surface area contributed by atoms with Crippen LogP contribution in [0.25, 0.3) is 0 Å². The molecule has 4 nitrogen and oxygen atoms in total. The van der Waals surface area contributed by atoms with Gasteiger partial charge >= 0.3 is 0 Å². The number of benzene rings is 1. The molecule has 0 bridgehead atoms. The summed E-state index contributed by atoms with van der Waals surface area (Å²) in [6.45, 7) is 3.88. The van der Waals surface area contributed by atoms with Crippen LogP contribution in [0, 0.1) is 16.7 Å². The molecule has 1 aliphatic rings. The summed E-state index contributed by atoms with van der Waals surface area (Å²) in [6.07, 6.45) is 0.796. The minimum atomic E-state index is -0.241. The molecule has 0 saturated carbocycles. The summed E-state index contributed by atoms with van der Waals surface area (Å²) >= 11 is 5.23. The van der Waals surface area contributed by atoms with Crippen LogP contribution in [-0.2, 0) is 4.79 Å². The SMILES string of the molecule is CC1(C)CC(=O)C(C(=S)Nc2ccc(C#N)cc2)=C(O)C1. The van der Waals surface area contributed by atoms with Gasteiger partial charge in [-0.15, -0.1) is 0 Å². The van der Waals surface area contributed by atoms with Gasteiger partial charge in [0.25, 0.3) is 0 Å². The Labute approximate surface area is 129 Å². The van der Waals surface area contributed by atoms with Gasteiger partial charge in [0.1, 0.15) is 10.7 Å². The summed E-state index contributed by atoms with van der Waals surface area (Å²) in [6, 6.07) is 8.76. The van der Waals surface area contributed by atoms with Crippen molar-refractivity contribution in [2.45, 2.75) is 26.7 Å². The zero-order valence-electron chi connectivity index (χ0n) is 11.9. The van der Waals surface area contributed by atoms with Crippen molar-refractivity contribution in [2.75, 3.05) is 5.32 Å². The molecule has 0 spiro atoms. The van der Waals surface area contributed by atoms with Gasteiger partial charge in [0.15, 0.2) is 5.78 Å². The average molecular weight is 300 g/mol. The van der Waals surface area contributed by atoms with E-state index in [1.54, 1.807) is 24.3 Å². The Morgan fingerprint density at radius 1 is 1.33 bits per heavy atom. The van der Waals surface area contributed by atoms with Crippen molar-refractivity contribution >= 4 is 28.7 Å². The first kappa shape index (κ1) is 15.2. The molecule has 1 aromatic carbocycles. The molecule has 2 rings (SSSR count). The van der Waals surface area contributed by atoms with Crippen LogP contribution < -0.4 is 5.32 Å². The highest BCUT2D eigenvalue weighted by molar-refractivity contribution is 7.81. The van der Waals surface area contributed by atoms with Crippen LogP contribution in [0.15, 0.2) is 35.6 Å². The van der Waals surface area contributed by atoms with E-state index in [0.717, 1.165) is 0 Å². The van der Waals surface area contributed by atoms with Gasteiger partial charge in [-0.1, -0.05) is 26.1 Å². The number of rotatable bonds is 2.